The molecule has 2 aliphatic heterocycles. The van der Waals surface area contributed by atoms with E-state index in [-0.39, 0.29) is 22.8 Å². The Kier molecular flexibility index (Phi) is 5.26. The van der Waals surface area contributed by atoms with E-state index in [2.05, 4.69) is 28.5 Å². The number of aromatic nitrogens is 4. The van der Waals surface area contributed by atoms with Crippen LogP contribution in [0.25, 0.3) is 5.69 Å². The molecule has 1 amide bonds. The van der Waals surface area contributed by atoms with E-state index in [1.807, 2.05) is 23.1 Å². The summed E-state index contributed by atoms with van der Waals surface area (Å²) in [4.78, 5) is 15.4. The molecule has 1 saturated heterocycles. The predicted molar refractivity (Wildman–Crippen MR) is 118 cm³/mol. The van der Waals surface area contributed by atoms with Crippen molar-refractivity contribution in [1.29, 1.82) is 0 Å². The molecule has 10 heteroatoms. The Labute approximate surface area is 186 Å². The minimum absolute atomic E-state index is 0.102. The molecule has 1 unspecified atom stereocenters. The molecular weight excluding hydrogens is 428 g/mol. The standard InChI is InChI=1S/C22H24N6O3S/c1-16-14-18-4-2-3-5-21(18)28(16)22(29)17-10-12-26(13-11-17)32(30,31)20-8-6-19(7-9-20)27-15-23-24-25-27/h2-9,15-17H,10-14H2,1H3. The minimum atomic E-state index is -3.63. The zero-order valence-corrected chi connectivity index (χ0v) is 18.5. The van der Waals surface area contributed by atoms with Gasteiger partial charge < -0.3 is 4.90 Å². The molecule has 166 valence electrons. The van der Waals surface area contributed by atoms with E-state index >= 15 is 0 Å². The zero-order valence-electron chi connectivity index (χ0n) is 17.7. The molecule has 0 aliphatic carbocycles. The van der Waals surface area contributed by atoms with Crippen molar-refractivity contribution in [2.24, 2.45) is 5.92 Å². The van der Waals surface area contributed by atoms with Crippen LogP contribution in [0.4, 0.5) is 5.69 Å². The Morgan fingerprint density at radius 1 is 1.03 bits per heavy atom. The van der Waals surface area contributed by atoms with E-state index in [0.29, 0.717) is 31.6 Å². The van der Waals surface area contributed by atoms with Crippen LogP contribution in [0, 0.1) is 5.92 Å². The van der Waals surface area contributed by atoms with Crippen molar-refractivity contribution in [3.05, 3.63) is 60.4 Å². The fraction of sp³-hybridized carbons (Fsp3) is 0.364. The second-order valence-electron chi connectivity index (χ2n) is 8.32. The van der Waals surface area contributed by atoms with Crippen molar-refractivity contribution in [2.75, 3.05) is 18.0 Å². The van der Waals surface area contributed by atoms with Crippen LogP contribution in [0.2, 0.25) is 0 Å². The summed E-state index contributed by atoms with van der Waals surface area (Å²) in [6.07, 6.45) is 3.35. The highest BCUT2D eigenvalue weighted by molar-refractivity contribution is 7.89. The molecule has 0 radical (unpaired) electrons. The summed E-state index contributed by atoms with van der Waals surface area (Å²) in [5.41, 5.74) is 2.86. The molecule has 2 aromatic carbocycles. The highest BCUT2D eigenvalue weighted by atomic mass is 32.2. The normalized spacial score (nSPS) is 19.8. The number of piperidine rings is 1. The maximum atomic E-state index is 13.3. The van der Waals surface area contributed by atoms with Gasteiger partial charge in [-0.3, -0.25) is 4.79 Å². The van der Waals surface area contributed by atoms with Crippen molar-refractivity contribution in [1.82, 2.24) is 24.5 Å². The van der Waals surface area contributed by atoms with Crippen molar-refractivity contribution < 1.29 is 13.2 Å². The number of nitrogens with zero attached hydrogens (tertiary/aromatic N) is 6. The van der Waals surface area contributed by atoms with Crippen molar-refractivity contribution in [2.45, 2.75) is 37.1 Å². The summed E-state index contributed by atoms with van der Waals surface area (Å²) >= 11 is 0. The van der Waals surface area contributed by atoms with Crippen LogP contribution in [0.3, 0.4) is 0 Å². The topological polar surface area (TPSA) is 101 Å². The first kappa shape index (κ1) is 20.8. The molecule has 0 spiro atoms. The summed E-state index contributed by atoms with van der Waals surface area (Å²) in [5, 5.41) is 11.0. The number of hydrogen-bond acceptors (Lipinski definition) is 6. The average Bonchev–Trinajstić information content (AvgIpc) is 3.46. The summed E-state index contributed by atoms with van der Waals surface area (Å²) in [6, 6.07) is 14.6. The summed E-state index contributed by atoms with van der Waals surface area (Å²) in [7, 11) is -3.63. The van der Waals surface area contributed by atoms with E-state index in [1.165, 1.54) is 20.9 Å². The minimum Gasteiger partial charge on any atom is -0.309 e. The van der Waals surface area contributed by atoms with E-state index < -0.39 is 10.0 Å². The lowest BCUT2D eigenvalue weighted by Gasteiger charge is -2.34. The summed E-state index contributed by atoms with van der Waals surface area (Å²) < 4.78 is 29.2. The fourth-order valence-corrected chi connectivity index (χ4v) is 6.11. The first-order valence-corrected chi connectivity index (χ1v) is 12.1. The van der Waals surface area contributed by atoms with E-state index in [9.17, 15) is 13.2 Å². The summed E-state index contributed by atoms with van der Waals surface area (Å²) in [5.74, 6) is -0.0671. The number of carbonyl (C=O) groups is 1. The molecule has 0 N–H and O–H groups in total. The number of para-hydroxylation sites is 1. The Morgan fingerprint density at radius 3 is 2.44 bits per heavy atom. The van der Waals surface area contributed by atoms with E-state index in [4.69, 9.17) is 0 Å². The monoisotopic (exact) mass is 452 g/mol. The number of benzene rings is 2. The van der Waals surface area contributed by atoms with Crippen molar-refractivity contribution >= 4 is 21.6 Å². The van der Waals surface area contributed by atoms with Gasteiger partial charge in [0.1, 0.15) is 6.33 Å². The van der Waals surface area contributed by atoms with Gasteiger partial charge in [-0.05, 0) is 72.5 Å². The quantitative estimate of drug-likeness (QED) is 0.600. The van der Waals surface area contributed by atoms with Crippen LogP contribution < -0.4 is 4.90 Å². The van der Waals surface area contributed by atoms with Crippen molar-refractivity contribution in [3.63, 3.8) is 0 Å². The van der Waals surface area contributed by atoms with Gasteiger partial charge in [0.05, 0.1) is 10.6 Å². The number of amides is 1. The second kappa shape index (κ2) is 8.10. The average molecular weight is 453 g/mol. The molecule has 0 saturated carbocycles. The van der Waals surface area contributed by atoms with Crippen LogP contribution in [0.5, 0.6) is 0 Å². The molecular formula is C22H24N6O3S. The highest BCUT2D eigenvalue weighted by Crippen LogP contribution is 2.35. The third-order valence-corrected chi connectivity index (χ3v) is 8.25. The van der Waals surface area contributed by atoms with Crippen LogP contribution in [0.15, 0.2) is 59.8 Å². The van der Waals surface area contributed by atoms with Gasteiger partial charge in [-0.1, -0.05) is 18.2 Å². The number of carbonyl (C=O) groups excluding carboxylic acids is 1. The molecule has 1 atom stereocenters. The molecule has 32 heavy (non-hydrogen) atoms. The molecule has 1 fully saturated rings. The maximum absolute atomic E-state index is 13.3. The second-order valence-corrected chi connectivity index (χ2v) is 10.3. The smallest absolute Gasteiger partial charge is 0.243 e. The zero-order chi connectivity index (χ0) is 22.3. The van der Waals surface area contributed by atoms with Gasteiger partial charge in [0.2, 0.25) is 15.9 Å². The van der Waals surface area contributed by atoms with Crippen LogP contribution in [-0.4, -0.2) is 58.0 Å². The van der Waals surface area contributed by atoms with Gasteiger partial charge in [0.25, 0.3) is 0 Å². The molecule has 0 bridgehead atoms. The molecule has 3 aromatic rings. The van der Waals surface area contributed by atoms with E-state index in [0.717, 1.165) is 12.1 Å². The highest BCUT2D eigenvalue weighted by Gasteiger charge is 2.38. The number of rotatable bonds is 4. The fourth-order valence-electron chi connectivity index (χ4n) is 4.64. The lowest BCUT2D eigenvalue weighted by atomic mass is 9.96. The SMILES string of the molecule is CC1Cc2ccccc2N1C(=O)C1CCN(S(=O)(=O)c2ccc(-n3cnnn3)cc2)CC1. The summed E-state index contributed by atoms with van der Waals surface area (Å²) in [6.45, 7) is 2.73. The number of sulfonamides is 1. The largest absolute Gasteiger partial charge is 0.309 e. The first-order chi connectivity index (χ1) is 15.4. The number of anilines is 1. The van der Waals surface area contributed by atoms with Gasteiger partial charge >= 0.3 is 0 Å². The van der Waals surface area contributed by atoms with Crippen molar-refractivity contribution in [3.8, 4) is 5.69 Å². The third kappa shape index (κ3) is 3.59. The number of tetrazole rings is 1. The van der Waals surface area contributed by atoms with E-state index in [1.54, 1.807) is 24.3 Å². The number of hydrogen-bond donors (Lipinski definition) is 0. The lowest BCUT2D eigenvalue weighted by molar-refractivity contribution is -0.123. The lowest BCUT2D eigenvalue weighted by Crippen LogP contribution is -2.46. The molecule has 3 heterocycles. The Bertz CT molecular complexity index is 1220. The third-order valence-electron chi connectivity index (χ3n) is 6.34. The molecule has 5 rings (SSSR count). The van der Waals surface area contributed by atoms with Crippen LogP contribution in [-0.2, 0) is 21.2 Å². The Morgan fingerprint density at radius 2 is 1.75 bits per heavy atom. The van der Waals surface area contributed by atoms with Gasteiger partial charge in [-0.15, -0.1) is 5.10 Å². The molecule has 9 nitrogen and oxygen atoms in total. The van der Waals surface area contributed by atoms with Gasteiger partial charge in [0, 0.05) is 30.7 Å². The molecule has 2 aliphatic rings. The van der Waals surface area contributed by atoms with Crippen LogP contribution >= 0.6 is 0 Å². The number of fused-ring (bicyclic) bond motifs is 1. The molecule has 1 aromatic heterocycles. The Hall–Kier alpha value is -3.11. The maximum Gasteiger partial charge on any atom is 0.243 e. The first-order valence-electron chi connectivity index (χ1n) is 10.7. The van der Waals surface area contributed by atoms with Crippen LogP contribution in [0.1, 0.15) is 25.3 Å². The van der Waals surface area contributed by atoms with Gasteiger partial charge in [0.15, 0.2) is 0 Å². The Balaban J connectivity index is 1.27. The van der Waals surface area contributed by atoms with Gasteiger partial charge in [-0.2, -0.15) is 4.31 Å². The van der Waals surface area contributed by atoms with Gasteiger partial charge in [-0.25, -0.2) is 13.1 Å². The predicted octanol–water partition coefficient (Wildman–Crippen LogP) is 2.04.